The molecule has 4 rings (SSSR count). The molecule has 0 unspecified atom stereocenters. The van der Waals surface area contributed by atoms with Gasteiger partial charge in [0.1, 0.15) is 29.1 Å². The summed E-state index contributed by atoms with van der Waals surface area (Å²) >= 11 is 0. The molecule has 1 saturated carbocycles. The largest absolute Gasteiger partial charge is 0.489 e. The SMILES string of the molecule is CC(C)(C)OC(=O)N[C@H]1CC[C@H](COc2cncnc2-c2cnn(-c3ccccc3F)c2)CC1. The van der Waals surface area contributed by atoms with E-state index < -0.39 is 5.60 Å². The fraction of sp³-hybridized carbons (Fsp3) is 0.440. The second-order valence-corrected chi connectivity index (χ2v) is 9.54. The van der Waals surface area contributed by atoms with E-state index in [0.717, 1.165) is 25.7 Å². The smallest absolute Gasteiger partial charge is 0.407 e. The van der Waals surface area contributed by atoms with Crippen LogP contribution in [0, 0.1) is 11.7 Å². The van der Waals surface area contributed by atoms with Crippen LogP contribution in [0.5, 0.6) is 5.75 Å². The highest BCUT2D eigenvalue weighted by atomic mass is 19.1. The van der Waals surface area contributed by atoms with Crippen molar-refractivity contribution >= 4 is 6.09 Å². The number of nitrogens with zero attached hydrogens (tertiary/aromatic N) is 4. The Morgan fingerprint density at radius 1 is 1.18 bits per heavy atom. The van der Waals surface area contributed by atoms with Crippen molar-refractivity contribution in [3.8, 4) is 22.7 Å². The molecule has 1 fully saturated rings. The van der Waals surface area contributed by atoms with Gasteiger partial charge in [-0.2, -0.15) is 5.10 Å². The van der Waals surface area contributed by atoms with E-state index in [4.69, 9.17) is 9.47 Å². The third-order valence-electron chi connectivity index (χ3n) is 5.68. The lowest BCUT2D eigenvalue weighted by atomic mass is 9.86. The normalized spacial score (nSPS) is 18.4. The molecule has 2 aromatic heterocycles. The molecule has 0 radical (unpaired) electrons. The number of halogens is 1. The number of carbonyl (C=O) groups is 1. The van der Waals surface area contributed by atoms with Crippen molar-refractivity contribution in [1.29, 1.82) is 0 Å². The molecule has 3 aromatic rings. The molecule has 9 heteroatoms. The maximum absolute atomic E-state index is 14.1. The van der Waals surface area contributed by atoms with Crippen LogP contribution >= 0.6 is 0 Å². The minimum atomic E-state index is -0.504. The van der Waals surface area contributed by atoms with Crippen LogP contribution in [0.4, 0.5) is 9.18 Å². The highest BCUT2D eigenvalue weighted by molar-refractivity contribution is 5.68. The van der Waals surface area contributed by atoms with E-state index in [9.17, 15) is 9.18 Å². The Hall–Kier alpha value is -3.49. The Bertz CT molecular complexity index is 1120. The summed E-state index contributed by atoms with van der Waals surface area (Å²) in [5.41, 5.74) is 1.18. The Kier molecular flexibility index (Phi) is 7.09. The van der Waals surface area contributed by atoms with Crippen LogP contribution in [0.2, 0.25) is 0 Å². The summed E-state index contributed by atoms with van der Waals surface area (Å²) in [5.74, 6) is 0.573. The monoisotopic (exact) mass is 467 g/mol. The molecule has 1 aliphatic rings. The molecule has 1 aromatic carbocycles. The molecule has 8 nitrogen and oxygen atoms in total. The van der Waals surface area contributed by atoms with Gasteiger partial charge in [0.25, 0.3) is 0 Å². The summed E-state index contributed by atoms with van der Waals surface area (Å²) in [6, 6.07) is 6.58. The minimum Gasteiger partial charge on any atom is -0.489 e. The first-order chi connectivity index (χ1) is 16.3. The molecule has 34 heavy (non-hydrogen) atoms. The Labute approximate surface area is 198 Å². The van der Waals surface area contributed by atoms with E-state index in [0.29, 0.717) is 35.2 Å². The molecule has 0 bridgehead atoms. The standard InChI is InChI=1S/C25H30FN5O3/c1-25(2,3)34-24(32)30-19-10-8-17(9-11-19)15-33-22-13-27-16-28-23(22)18-12-29-31(14-18)21-7-5-4-6-20(21)26/h4-7,12-14,16-17,19H,8-11,15H2,1-3H3,(H,30,32)/t17-,19-. The van der Waals surface area contributed by atoms with E-state index >= 15 is 0 Å². The van der Waals surface area contributed by atoms with E-state index in [1.54, 1.807) is 36.8 Å². The average Bonchev–Trinajstić information content (AvgIpc) is 3.28. The van der Waals surface area contributed by atoms with Crippen LogP contribution in [0.1, 0.15) is 46.5 Å². The number of hydrogen-bond acceptors (Lipinski definition) is 6. The number of aromatic nitrogens is 4. The number of alkyl carbamates (subject to hydrolysis) is 1. The minimum absolute atomic E-state index is 0.117. The summed E-state index contributed by atoms with van der Waals surface area (Å²) in [5, 5.41) is 7.25. The number of amides is 1. The topological polar surface area (TPSA) is 91.2 Å². The predicted molar refractivity (Wildman–Crippen MR) is 125 cm³/mol. The lowest BCUT2D eigenvalue weighted by Gasteiger charge is -2.30. The molecular weight excluding hydrogens is 437 g/mol. The molecule has 0 aliphatic heterocycles. The third-order valence-corrected chi connectivity index (χ3v) is 5.68. The third kappa shape index (κ3) is 6.09. The molecule has 1 aliphatic carbocycles. The zero-order valence-electron chi connectivity index (χ0n) is 19.7. The lowest BCUT2D eigenvalue weighted by molar-refractivity contribution is 0.0483. The molecular formula is C25H30FN5O3. The van der Waals surface area contributed by atoms with Crippen molar-refractivity contribution in [2.24, 2.45) is 5.92 Å². The quantitative estimate of drug-likeness (QED) is 0.553. The maximum atomic E-state index is 14.1. The molecule has 1 N–H and O–H groups in total. The summed E-state index contributed by atoms with van der Waals surface area (Å²) in [7, 11) is 0. The van der Waals surface area contributed by atoms with Gasteiger partial charge in [-0.1, -0.05) is 12.1 Å². The maximum Gasteiger partial charge on any atom is 0.407 e. The van der Waals surface area contributed by atoms with E-state index in [1.165, 1.54) is 17.1 Å². The van der Waals surface area contributed by atoms with Gasteiger partial charge in [-0.25, -0.2) is 23.8 Å². The highest BCUT2D eigenvalue weighted by Gasteiger charge is 2.25. The Morgan fingerprint density at radius 2 is 1.94 bits per heavy atom. The van der Waals surface area contributed by atoms with Crippen LogP contribution in [0.3, 0.4) is 0 Å². The van der Waals surface area contributed by atoms with E-state index in [-0.39, 0.29) is 18.0 Å². The van der Waals surface area contributed by atoms with Crippen LogP contribution in [-0.4, -0.2) is 44.1 Å². The Morgan fingerprint density at radius 3 is 2.68 bits per heavy atom. The molecule has 1 amide bonds. The van der Waals surface area contributed by atoms with Crippen LogP contribution in [0.15, 0.2) is 49.2 Å². The van der Waals surface area contributed by atoms with Crippen molar-refractivity contribution < 1.29 is 18.7 Å². The van der Waals surface area contributed by atoms with Gasteiger partial charge in [0, 0.05) is 17.8 Å². The van der Waals surface area contributed by atoms with Crippen LogP contribution < -0.4 is 10.1 Å². The molecule has 2 heterocycles. The fourth-order valence-corrected chi connectivity index (χ4v) is 4.01. The second-order valence-electron chi connectivity index (χ2n) is 9.54. The Balaban J connectivity index is 1.34. The number of carbonyl (C=O) groups excluding carboxylic acids is 1. The van der Waals surface area contributed by atoms with Gasteiger partial charge < -0.3 is 14.8 Å². The molecule has 0 saturated heterocycles. The van der Waals surface area contributed by atoms with Gasteiger partial charge in [-0.05, 0) is 64.5 Å². The first-order valence-electron chi connectivity index (χ1n) is 11.5. The predicted octanol–water partition coefficient (Wildman–Crippen LogP) is 4.93. The first kappa shape index (κ1) is 23.7. The molecule has 0 spiro atoms. The van der Waals surface area contributed by atoms with Crippen LogP contribution in [-0.2, 0) is 4.74 Å². The number of benzene rings is 1. The van der Waals surface area contributed by atoms with Gasteiger partial charge in [0.2, 0.25) is 0 Å². The number of ether oxygens (including phenoxy) is 2. The molecule has 180 valence electrons. The van der Waals surface area contributed by atoms with E-state index in [2.05, 4.69) is 20.4 Å². The zero-order valence-corrected chi connectivity index (χ0v) is 19.7. The lowest BCUT2D eigenvalue weighted by Crippen LogP contribution is -2.41. The first-order valence-corrected chi connectivity index (χ1v) is 11.5. The summed E-state index contributed by atoms with van der Waals surface area (Å²) < 4.78 is 27.1. The fourth-order valence-electron chi connectivity index (χ4n) is 4.01. The van der Waals surface area contributed by atoms with Crippen molar-refractivity contribution in [1.82, 2.24) is 25.1 Å². The van der Waals surface area contributed by atoms with Crippen molar-refractivity contribution in [3.63, 3.8) is 0 Å². The zero-order chi connectivity index (χ0) is 24.1. The second kappa shape index (κ2) is 10.2. The average molecular weight is 468 g/mol. The van der Waals surface area contributed by atoms with Crippen molar-refractivity contribution in [2.75, 3.05) is 6.61 Å². The van der Waals surface area contributed by atoms with Crippen LogP contribution in [0.25, 0.3) is 16.9 Å². The number of hydrogen-bond donors (Lipinski definition) is 1. The summed E-state index contributed by atoms with van der Waals surface area (Å²) in [6.45, 7) is 6.09. The van der Waals surface area contributed by atoms with Gasteiger partial charge in [-0.3, -0.25) is 0 Å². The summed E-state index contributed by atoms with van der Waals surface area (Å²) in [6.07, 6.45) is 9.71. The highest BCUT2D eigenvalue weighted by Crippen LogP contribution is 2.30. The number of nitrogens with one attached hydrogen (secondary N) is 1. The number of rotatable bonds is 6. The van der Waals surface area contributed by atoms with Crippen molar-refractivity contribution in [3.05, 3.63) is 55.0 Å². The molecule has 0 atom stereocenters. The van der Waals surface area contributed by atoms with Crippen molar-refractivity contribution in [2.45, 2.75) is 58.1 Å². The van der Waals surface area contributed by atoms with Gasteiger partial charge in [0.05, 0.1) is 19.0 Å². The number of para-hydroxylation sites is 1. The van der Waals surface area contributed by atoms with Gasteiger partial charge in [-0.15, -0.1) is 0 Å². The van der Waals surface area contributed by atoms with E-state index in [1.807, 2.05) is 20.8 Å². The summed E-state index contributed by atoms with van der Waals surface area (Å²) in [4.78, 5) is 20.5. The van der Waals surface area contributed by atoms with Gasteiger partial charge in [0.15, 0.2) is 5.75 Å². The van der Waals surface area contributed by atoms with Gasteiger partial charge >= 0.3 is 6.09 Å².